The van der Waals surface area contributed by atoms with Gasteiger partial charge in [0.15, 0.2) is 0 Å². The molecule has 2 saturated carbocycles. The van der Waals surface area contributed by atoms with Crippen molar-refractivity contribution in [1.82, 2.24) is 0 Å². The molecule has 0 spiro atoms. The molecule has 4 aromatic rings. The van der Waals surface area contributed by atoms with Gasteiger partial charge in [-0.25, -0.2) is 21.2 Å². The Morgan fingerprint density at radius 3 is 1.12 bits per heavy atom. The summed E-state index contributed by atoms with van der Waals surface area (Å²) < 4.78 is 332. The van der Waals surface area contributed by atoms with Crippen LogP contribution in [-0.4, -0.2) is 83.2 Å². The van der Waals surface area contributed by atoms with Gasteiger partial charge < -0.3 is 18.9 Å². The van der Waals surface area contributed by atoms with Crippen LogP contribution in [-0.2, 0) is 23.5 Å². The molecule has 0 radical (unpaired) electrons. The Labute approximate surface area is 372 Å². The third-order valence-electron chi connectivity index (χ3n) is 10.8. The molecule has 4 unspecified atom stereocenters. The van der Waals surface area contributed by atoms with Gasteiger partial charge in [-0.3, -0.25) is 0 Å². The fourth-order valence-corrected chi connectivity index (χ4v) is 9.04. The molecule has 0 bridgehead atoms. The molecule has 2 fully saturated rings. The first-order valence-corrected chi connectivity index (χ1v) is 22.1. The van der Waals surface area contributed by atoms with Crippen LogP contribution in [0.5, 0.6) is 23.0 Å². The maximum atomic E-state index is 16.3. The summed E-state index contributed by atoms with van der Waals surface area (Å²) in [5.74, 6) is -46.9. The van der Waals surface area contributed by atoms with Gasteiger partial charge in [-0.15, -0.1) is 0 Å². The number of benzene rings is 4. The molecule has 4 atom stereocenters. The average molecular weight is 1070 g/mol. The van der Waals surface area contributed by atoms with Crippen molar-refractivity contribution in [3.05, 3.63) is 96.1 Å². The van der Waals surface area contributed by atoms with E-state index in [0.29, 0.717) is 36.4 Å². The number of ether oxygens (including phenoxy) is 4. The normalized spacial score (nSPS) is 26.7. The van der Waals surface area contributed by atoms with Crippen molar-refractivity contribution < 1.29 is 115 Å². The second-order valence-electron chi connectivity index (χ2n) is 14.6. The topological polar surface area (TPSA) is 105 Å². The van der Waals surface area contributed by atoms with Gasteiger partial charge in [0.25, 0.3) is 23.8 Å². The number of halogens is 20. The first kappa shape index (κ1) is 51.7. The molecule has 2 aliphatic carbocycles. The molecule has 67 heavy (non-hydrogen) atoms. The Kier molecular flexibility index (Phi) is 11.7. The second kappa shape index (κ2) is 15.1. The van der Waals surface area contributed by atoms with Crippen LogP contribution in [0.1, 0.15) is 18.1 Å². The van der Waals surface area contributed by atoms with Crippen molar-refractivity contribution in [2.24, 2.45) is 0 Å². The Morgan fingerprint density at radius 1 is 0.463 bits per heavy atom. The van der Waals surface area contributed by atoms with E-state index >= 15 is 13.2 Å². The largest absolute Gasteiger partial charge is 0.497 e. The van der Waals surface area contributed by atoms with Gasteiger partial charge in [0.05, 0.1) is 7.11 Å². The highest BCUT2D eigenvalue weighted by Crippen LogP contribution is 2.70. The third-order valence-corrected chi connectivity index (χ3v) is 13.5. The van der Waals surface area contributed by atoms with Gasteiger partial charge in [0.2, 0.25) is 5.41 Å². The highest BCUT2D eigenvalue weighted by molar-refractivity contribution is 8.14. The standard InChI is InChI=1S/C37H20Cl2F18O8S2/c1-27(40)29(41,42)30(43,44)33(27,49)64-23-13-3-17(15-25(23)66(38,58)59)18-4-14-24(26(16-18)67(39,60)61)65-35(51)32(47,48)31(45,46)34(35,50)63-22-11-7-20(8-12-22)28(36(52,53)54,37(55,56)57)19-5-9-21(62-2)10-6-19/h3-16H,1-2H3. The molecule has 6 rings (SSSR count). The van der Waals surface area contributed by atoms with Gasteiger partial charge in [-0.2, -0.15) is 74.6 Å². The number of hydrogen-bond donors (Lipinski definition) is 0. The van der Waals surface area contributed by atoms with Gasteiger partial charge in [0.1, 0.15) is 32.8 Å². The van der Waals surface area contributed by atoms with E-state index in [1.807, 2.05) is 0 Å². The molecule has 0 saturated heterocycles. The number of methoxy groups -OCH3 is 1. The van der Waals surface area contributed by atoms with Gasteiger partial charge in [0, 0.05) is 21.4 Å². The Balaban J connectivity index is 1.39. The molecule has 0 aromatic heterocycles. The van der Waals surface area contributed by atoms with Crippen molar-refractivity contribution in [2.45, 2.75) is 81.4 Å². The molecule has 2 aliphatic rings. The predicted octanol–water partition coefficient (Wildman–Crippen LogP) is 11.8. The van der Waals surface area contributed by atoms with E-state index in [1.165, 1.54) is 0 Å². The second-order valence-corrected chi connectivity index (χ2v) is 19.7. The van der Waals surface area contributed by atoms with Crippen molar-refractivity contribution >= 4 is 39.5 Å². The van der Waals surface area contributed by atoms with Gasteiger partial charge in [-0.05, 0) is 77.7 Å². The first-order chi connectivity index (χ1) is 30.1. The minimum Gasteiger partial charge on any atom is -0.497 e. The smallest absolute Gasteiger partial charge is 0.411 e. The lowest BCUT2D eigenvalue weighted by Gasteiger charge is -2.55. The highest BCUT2D eigenvalue weighted by Gasteiger charge is 3.03. The van der Waals surface area contributed by atoms with E-state index in [9.17, 15) is 82.7 Å². The lowest BCUT2D eigenvalue weighted by atomic mass is 9.69. The monoisotopic (exact) mass is 1070 g/mol. The Morgan fingerprint density at radius 2 is 0.791 bits per heavy atom. The van der Waals surface area contributed by atoms with E-state index < -0.39 is 132 Å². The van der Waals surface area contributed by atoms with Crippen LogP contribution in [0.4, 0.5) is 79.0 Å². The molecule has 0 aliphatic heterocycles. The van der Waals surface area contributed by atoms with E-state index in [0.717, 1.165) is 7.11 Å². The van der Waals surface area contributed by atoms with Crippen LogP contribution in [0, 0.1) is 0 Å². The van der Waals surface area contributed by atoms with E-state index in [2.05, 4.69) is 14.2 Å². The molecule has 4 aromatic carbocycles. The quantitative estimate of drug-likeness (QED) is 0.102. The summed E-state index contributed by atoms with van der Waals surface area (Å²) >= 11 is 0. The third kappa shape index (κ3) is 6.94. The van der Waals surface area contributed by atoms with Crippen LogP contribution in [0.2, 0.25) is 0 Å². The predicted molar refractivity (Wildman–Crippen MR) is 193 cm³/mol. The maximum Gasteiger partial charge on any atom is 0.411 e. The van der Waals surface area contributed by atoms with Crippen molar-refractivity contribution in [1.29, 1.82) is 0 Å². The Hall–Kier alpha value is -4.70. The zero-order valence-electron chi connectivity index (χ0n) is 32.2. The minimum absolute atomic E-state index is 0.0715. The first-order valence-electron chi connectivity index (χ1n) is 17.5. The van der Waals surface area contributed by atoms with E-state index in [-0.39, 0.29) is 61.2 Å². The highest BCUT2D eigenvalue weighted by atomic mass is 35.7. The van der Waals surface area contributed by atoms with Crippen molar-refractivity contribution in [3.63, 3.8) is 0 Å². The molecule has 30 heteroatoms. The number of hydrogen-bond acceptors (Lipinski definition) is 8. The number of rotatable bonds is 12. The van der Waals surface area contributed by atoms with Crippen LogP contribution in [0.3, 0.4) is 0 Å². The SMILES string of the molecule is COc1ccc(C(c2ccc(OC3(F)C(F)(F)C(F)(F)C3(F)Oc3ccc(-c4ccc(OC5(F)C(C)(F)C(F)(F)C5(F)F)c(S(=O)(=O)Cl)c4)cc3S(=O)(=O)Cl)cc2)(C(F)(F)F)C(F)(F)F)cc1. The molecule has 0 N–H and O–H groups in total. The lowest BCUT2D eigenvalue weighted by Crippen LogP contribution is -2.89. The van der Waals surface area contributed by atoms with Crippen molar-refractivity contribution in [3.8, 4) is 34.1 Å². The summed E-state index contributed by atoms with van der Waals surface area (Å²) in [5, 5.41) is 0. The summed E-state index contributed by atoms with van der Waals surface area (Å²) in [5.41, 5.74) is -14.5. The lowest BCUT2D eigenvalue weighted by molar-refractivity contribution is -0.527. The van der Waals surface area contributed by atoms with E-state index in [1.54, 1.807) is 0 Å². The summed E-state index contributed by atoms with van der Waals surface area (Å²) in [4.78, 5) is -3.38. The maximum absolute atomic E-state index is 16.3. The van der Waals surface area contributed by atoms with Gasteiger partial charge >= 0.3 is 53.6 Å². The fourth-order valence-electron chi connectivity index (χ4n) is 7.08. The van der Waals surface area contributed by atoms with Crippen LogP contribution >= 0.6 is 21.4 Å². The summed E-state index contributed by atoms with van der Waals surface area (Å²) in [6.45, 7) is -0.361. The average Bonchev–Trinajstić information content (AvgIpc) is 3.19. The Bertz CT molecular complexity index is 2810. The van der Waals surface area contributed by atoms with Gasteiger partial charge in [-0.1, -0.05) is 36.4 Å². The van der Waals surface area contributed by atoms with Crippen molar-refractivity contribution in [2.75, 3.05) is 7.11 Å². The number of alkyl halides is 18. The summed E-state index contributed by atoms with van der Waals surface area (Å²) in [6, 6.07) is 3.30. The summed E-state index contributed by atoms with van der Waals surface area (Å²) in [6.07, 6.45) is -12.5. The molecule has 368 valence electrons. The molecule has 8 nitrogen and oxygen atoms in total. The molecule has 0 heterocycles. The zero-order valence-corrected chi connectivity index (χ0v) is 35.4. The minimum atomic E-state index is -6.40. The van der Waals surface area contributed by atoms with Crippen LogP contribution in [0.25, 0.3) is 11.1 Å². The fraction of sp³-hybridized carbons (Fsp3) is 0.351. The van der Waals surface area contributed by atoms with Crippen LogP contribution in [0.15, 0.2) is 94.7 Å². The van der Waals surface area contributed by atoms with Crippen LogP contribution < -0.4 is 18.9 Å². The summed E-state index contributed by atoms with van der Waals surface area (Å²) in [7, 11) is 0.618. The molecular weight excluding hydrogens is 1050 g/mol. The van der Waals surface area contributed by atoms with E-state index in [4.69, 9.17) is 26.1 Å². The molecular formula is C37H20Cl2F18O8S2. The molecule has 0 amide bonds. The zero-order chi connectivity index (χ0) is 51.0.